The van der Waals surface area contributed by atoms with Crippen LogP contribution in [0, 0.1) is 6.92 Å². The van der Waals surface area contributed by atoms with Gasteiger partial charge in [-0.15, -0.1) is 0 Å². The van der Waals surface area contributed by atoms with Crippen molar-refractivity contribution in [1.82, 2.24) is 5.32 Å². The van der Waals surface area contributed by atoms with Crippen molar-refractivity contribution in [2.45, 2.75) is 25.8 Å². The summed E-state index contributed by atoms with van der Waals surface area (Å²) < 4.78 is 24.4. The summed E-state index contributed by atoms with van der Waals surface area (Å²) in [6.07, 6.45) is -3.75. The van der Waals surface area contributed by atoms with Gasteiger partial charge in [-0.1, -0.05) is 11.6 Å². The van der Waals surface area contributed by atoms with E-state index in [9.17, 15) is 18.4 Å². The molecule has 0 radical (unpaired) electrons. The number of rotatable bonds is 5. The van der Waals surface area contributed by atoms with Crippen molar-refractivity contribution in [3.8, 4) is 0 Å². The van der Waals surface area contributed by atoms with E-state index < -0.39 is 30.8 Å². The topological polar surface area (TPSA) is 66.4 Å². The van der Waals surface area contributed by atoms with E-state index in [1.807, 2.05) is 0 Å². The van der Waals surface area contributed by atoms with Gasteiger partial charge in [0.05, 0.1) is 0 Å². The number of carboxylic acids is 1. The van der Waals surface area contributed by atoms with Gasteiger partial charge in [0.1, 0.15) is 6.04 Å². The fourth-order valence-corrected chi connectivity index (χ4v) is 1.74. The summed E-state index contributed by atoms with van der Waals surface area (Å²) in [6.45, 7) is 1.61. The molecule has 7 heteroatoms. The Morgan fingerprint density at radius 1 is 1.42 bits per heavy atom. The Bertz CT molecular complexity index is 494. The number of halogens is 3. The zero-order valence-electron chi connectivity index (χ0n) is 9.99. The summed E-state index contributed by atoms with van der Waals surface area (Å²) in [4.78, 5) is 22.6. The van der Waals surface area contributed by atoms with Crippen molar-refractivity contribution in [2.75, 3.05) is 0 Å². The van der Waals surface area contributed by atoms with E-state index in [2.05, 4.69) is 5.32 Å². The lowest BCUT2D eigenvalue weighted by Gasteiger charge is -2.15. The van der Waals surface area contributed by atoms with Crippen molar-refractivity contribution in [3.05, 3.63) is 34.3 Å². The van der Waals surface area contributed by atoms with Gasteiger partial charge < -0.3 is 10.4 Å². The number of aliphatic carboxylic acids is 1. The van der Waals surface area contributed by atoms with Gasteiger partial charge in [0.2, 0.25) is 6.43 Å². The van der Waals surface area contributed by atoms with Crippen molar-refractivity contribution in [3.63, 3.8) is 0 Å². The van der Waals surface area contributed by atoms with E-state index in [4.69, 9.17) is 16.7 Å². The molecule has 19 heavy (non-hydrogen) atoms. The Hall–Kier alpha value is -1.69. The van der Waals surface area contributed by atoms with Crippen LogP contribution in [-0.4, -0.2) is 29.5 Å². The average Bonchev–Trinajstić information content (AvgIpc) is 2.26. The van der Waals surface area contributed by atoms with Gasteiger partial charge in [0.15, 0.2) is 0 Å². The number of carbonyl (C=O) groups is 2. The van der Waals surface area contributed by atoms with Gasteiger partial charge in [-0.3, -0.25) is 4.79 Å². The van der Waals surface area contributed by atoms with Crippen LogP contribution in [0.2, 0.25) is 5.02 Å². The number of benzene rings is 1. The van der Waals surface area contributed by atoms with Crippen LogP contribution in [0.5, 0.6) is 0 Å². The second kappa shape index (κ2) is 6.47. The standard InChI is InChI=1S/C12H12ClF2NO3/c1-6-4-7(13)2-3-8(6)11(17)16-9(12(18)19)5-10(14)15/h2-4,9-10H,5H2,1H3,(H,16,17)(H,18,19). The second-order valence-corrected chi connectivity index (χ2v) is 4.39. The monoisotopic (exact) mass is 291 g/mol. The first-order valence-corrected chi connectivity index (χ1v) is 5.77. The highest BCUT2D eigenvalue weighted by Gasteiger charge is 2.25. The van der Waals surface area contributed by atoms with Gasteiger partial charge in [-0.25, -0.2) is 13.6 Å². The van der Waals surface area contributed by atoms with E-state index >= 15 is 0 Å². The van der Waals surface area contributed by atoms with E-state index in [1.54, 1.807) is 6.92 Å². The molecule has 0 spiro atoms. The Morgan fingerprint density at radius 2 is 2.05 bits per heavy atom. The normalized spacial score (nSPS) is 12.3. The third-order valence-corrected chi connectivity index (χ3v) is 2.69. The molecule has 0 heterocycles. The Labute approximate surface area is 113 Å². The van der Waals surface area contributed by atoms with Crippen LogP contribution in [-0.2, 0) is 4.79 Å². The molecular formula is C12H12ClF2NO3. The minimum atomic E-state index is -2.81. The first-order chi connectivity index (χ1) is 8.81. The Balaban J connectivity index is 2.84. The highest BCUT2D eigenvalue weighted by molar-refractivity contribution is 6.30. The molecule has 1 unspecified atom stereocenters. The summed E-state index contributed by atoms with van der Waals surface area (Å²) in [6, 6.07) is 2.78. The third kappa shape index (κ3) is 4.48. The van der Waals surface area contributed by atoms with Crippen molar-refractivity contribution < 1.29 is 23.5 Å². The maximum absolute atomic E-state index is 12.2. The molecule has 1 rings (SSSR count). The average molecular weight is 292 g/mol. The number of alkyl halides is 2. The molecule has 104 valence electrons. The molecule has 0 aliphatic rings. The van der Waals surface area contributed by atoms with Gasteiger partial charge in [0.25, 0.3) is 5.91 Å². The maximum Gasteiger partial charge on any atom is 0.326 e. The molecule has 1 atom stereocenters. The fourth-order valence-electron chi connectivity index (χ4n) is 1.52. The minimum Gasteiger partial charge on any atom is -0.480 e. The smallest absolute Gasteiger partial charge is 0.326 e. The number of aryl methyl sites for hydroxylation is 1. The number of carbonyl (C=O) groups excluding carboxylic acids is 1. The molecule has 1 amide bonds. The van der Waals surface area contributed by atoms with Crippen molar-refractivity contribution >= 4 is 23.5 Å². The minimum absolute atomic E-state index is 0.199. The molecule has 0 aliphatic heterocycles. The van der Waals surface area contributed by atoms with Crippen LogP contribution >= 0.6 is 11.6 Å². The molecular weight excluding hydrogens is 280 g/mol. The summed E-state index contributed by atoms with van der Waals surface area (Å²) in [7, 11) is 0. The van der Waals surface area contributed by atoms with Gasteiger partial charge in [-0.05, 0) is 30.7 Å². The number of amides is 1. The number of hydrogen-bond acceptors (Lipinski definition) is 2. The number of nitrogens with one attached hydrogen (secondary N) is 1. The van der Waals surface area contributed by atoms with Crippen molar-refractivity contribution in [1.29, 1.82) is 0 Å². The van der Waals surface area contributed by atoms with E-state index in [1.165, 1.54) is 18.2 Å². The highest BCUT2D eigenvalue weighted by atomic mass is 35.5. The molecule has 0 aromatic heterocycles. The lowest BCUT2D eigenvalue weighted by atomic mass is 10.1. The molecule has 0 aliphatic carbocycles. The fraction of sp³-hybridized carbons (Fsp3) is 0.333. The van der Waals surface area contributed by atoms with Crippen LogP contribution in [0.15, 0.2) is 18.2 Å². The lowest BCUT2D eigenvalue weighted by Crippen LogP contribution is -2.42. The molecule has 4 nitrogen and oxygen atoms in total. The predicted molar refractivity (Wildman–Crippen MR) is 65.7 cm³/mol. The largest absolute Gasteiger partial charge is 0.480 e. The van der Waals surface area contributed by atoms with Crippen LogP contribution < -0.4 is 5.32 Å². The molecule has 0 bridgehead atoms. The summed E-state index contributed by atoms with van der Waals surface area (Å²) in [5.41, 5.74) is 0.733. The molecule has 1 aromatic rings. The number of hydrogen-bond donors (Lipinski definition) is 2. The first-order valence-electron chi connectivity index (χ1n) is 5.39. The van der Waals surface area contributed by atoms with Gasteiger partial charge >= 0.3 is 5.97 Å². The molecule has 2 N–H and O–H groups in total. The highest BCUT2D eigenvalue weighted by Crippen LogP contribution is 2.15. The zero-order valence-corrected chi connectivity index (χ0v) is 10.7. The second-order valence-electron chi connectivity index (χ2n) is 3.95. The van der Waals surface area contributed by atoms with Crippen LogP contribution in [0.1, 0.15) is 22.3 Å². The molecule has 0 fully saturated rings. The first kappa shape index (κ1) is 15.4. The van der Waals surface area contributed by atoms with Crippen LogP contribution in [0.3, 0.4) is 0 Å². The van der Waals surface area contributed by atoms with Crippen LogP contribution in [0.25, 0.3) is 0 Å². The summed E-state index contributed by atoms with van der Waals surface area (Å²) >= 11 is 5.72. The van der Waals surface area contributed by atoms with Gasteiger partial charge in [-0.2, -0.15) is 0 Å². The predicted octanol–water partition coefficient (Wildman–Crippen LogP) is 2.49. The van der Waals surface area contributed by atoms with E-state index in [0.717, 1.165) is 0 Å². The Morgan fingerprint density at radius 3 is 2.53 bits per heavy atom. The maximum atomic E-state index is 12.2. The third-order valence-electron chi connectivity index (χ3n) is 2.45. The van der Waals surface area contributed by atoms with Crippen molar-refractivity contribution in [2.24, 2.45) is 0 Å². The van der Waals surface area contributed by atoms with Crippen LogP contribution in [0.4, 0.5) is 8.78 Å². The molecule has 1 aromatic carbocycles. The van der Waals surface area contributed by atoms with E-state index in [0.29, 0.717) is 10.6 Å². The molecule has 0 saturated heterocycles. The Kier molecular flexibility index (Phi) is 5.23. The quantitative estimate of drug-likeness (QED) is 0.876. The zero-order chi connectivity index (χ0) is 14.6. The van der Waals surface area contributed by atoms with Gasteiger partial charge in [0, 0.05) is 17.0 Å². The lowest BCUT2D eigenvalue weighted by molar-refractivity contribution is -0.140. The summed E-state index contributed by atoms with van der Waals surface area (Å²) in [5.74, 6) is -2.22. The SMILES string of the molecule is Cc1cc(Cl)ccc1C(=O)NC(CC(F)F)C(=O)O. The van der Waals surface area contributed by atoms with E-state index in [-0.39, 0.29) is 5.56 Å². The number of carboxylic acid groups (broad SMARTS) is 1. The summed E-state index contributed by atoms with van der Waals surface area (Å²) in [5, 5.41) is 11.3. The molecule has 0 saturated carbocycles.